The first-order valence-corrected chi connectivity index (χ1v) is 38.6. The highest BCUT2D eigenvalue weighted by Gasteiger charge is 2.40. The van der Waals surface area contributed by atoms with Gasteiger partial charge in [0, 0.05) is 65.4 Å². The zero-order chi connectivity index (χ0) is 77.6. The lowest BCUT2D eigenvalue weighted by Crippen LogP contribution is -2.46. The number of aliphatic hydroxyl groups excluding tert-OH is 5. The molecule has 8 rings (SSSR count). The number of carbonyl (C=O) groups excluding carboxylic acids is 7. The zero-order valence-corrected chi connectivity index (χ0v) is 66.5. The predicted molar refractivity (Wildman–Crippen MR) is 398 cm³/mol. The van der Waals surface area contributed by atoms with Crippen molar-refractivity contribution in [2.24, 2.45) is 5.92 Å². The highest BCUT2D eigenvalue weighted by atomic mass is 16.6. The SMILES string of the molecule is CC(C)(C)OC(=O)N(C(=O)OC(C)(C)C)c1ccccc1.CC(C)(C)OC(=O)N1CCC(O)CC1.CC(C)(OC(=O)N1CCC(O)CC1)C1CCCCC1.CCC(C)(C)OC(=O)N1CCC(O)CC1.CCC(CC)(CC)OC(=O)N1CCC(O)CC1.CCC1(OC(=O)N2CCC(O)CC2)CCCC1. The van der Waals surface area contributed by atoms with Gasteiger partial charge in [-0.05, 0) is 243 Å². The van der Waals surface area contributed by atoms with Crippen LogP contribution in [0.1, 0.15) is 279 Å². The number of rotatable bonds is 11. The van der Waals surface area contributed by atoms with Crippen LogP contribution in [0.5, 0.6) is 0 Å². The van der Waals surface area contributed by atoms with Gasteiger partial charge in [0.2, 0.25) is 0 Å². The second-order valence-corrected chi connectivity index (χ2v) is 32.7. The van der Waals surface area contributed by atoms with Crippen LogP contribution in [-0.2, 0) is 33.2 Å². The summed E-state index contributed by atoms with van der Waals surface area (Å²) in [4.78, 5) is 93.5. The molecule has 1 aromatic carbocycles. The fourth-order valence-corrected chi connectivity index (χ4v) is 12.6. The highest BCUT2D eigenvalue weighted by Crippen LogP contribution is 2.38. The molecule has 2 aliphatic carbocycles. The van der Waals surface area contributed by atoms with Crippen LogP contribution in [0.15, 0.2) is 30.3 Å². The molecule has 25 nitrogen and oxygen atoms in total. The number of aliphatic hydroxyl groups is 5. The summed E-state index contributed by atoms with van der Waals surface area (Å²) in [7, 11) is 0. The number of para-hydroxylation sites is 1. The molecule has 0 bridgehead atoms. The van der Waals surface area contributed by atoms with Crippen molar-refractivity contribution in [1.29, 1.82) is 0 Å². The molecule has 594 valence electrons. The summed E-state index contributed by atoms with van der Waals surface area (Å²) in [6.45, 7) is 40.2. The van der Waals surface area contributed by atoms with E-state index in [0.717, 1.165) is 49.8 Å². The Morgan fingerprint density at radius 2 is 0.699 bits per heavy atom. The molecule has 103 heavy (non-hydrogen) atoms. The predicted octanol–water partition coefficient (Wildman–Crippen LogP) is 15.3. The monoisotopic (exact) mass is 1460 g/mol. The molecule has 7 fully saturated rings. The molecule has 5 N–H and O–H groups in total. The van der Waals surface area contributed by atoms with E-state index in [1.807, 2.05) is 55.4 Å². The van der Waals surface area contributed by atoms with Gasteiger partial charge in [-0.3, -0.25) is 0 Å². The second-order valence-electron chi connectivity index (χ2n) is 32.7. The Labute approximate surface area is 617 Å². The van der Waals surface area contributed by atoms with Crippen LogP contribution >= 0.6 is 0 Å². The first-order valence-electron chi connectivity index (χ1n) is 38.6. The topological polar surface area (TPSA) is 305 Å². The van der Waals surface area contributed by atoms with Gasteiger partial charge in [0.1, 0.15) is 39.2 Å². The number of hydrogen-bond donors (Lipinski definition) is 5. The lowest BCUT2D eigenvalue weighted by Gasteiger charge is -2.38. The fraction of sp³-hybridized carbons (Fsp3) is 0.833. The Bertz CT molecular complexity index is 2560. The molecular weight excluding hydrogens is 1320 g/mol. The quantitative estimate of drug-likeness (QED) is 0.129. The van der Waals surface area contributed by atoms with Crippen molar-refractivity contribution in [2.45, 2.75) is 348 Å². The van der Waals surface area contributed by atoms with Gasteiger partial charge < -0.3 is 83.2 Å². The minimum absolute atomic E-state index is 0.180. The molecular formula is C78H138N6O19. The van der Waals surface area contributed by atoms with Gasteiger partial charge in [0.25, 0.3) is 0 Å². The molecule has 1 aromatic rings. The third-order valence-corrected chi connectivity index (χ3v) is 20.0. The van der Waals surface area contributed by atoms with Crippen LogP contribution in [0.4, 0.5) is 39.2 Å². The van der Waals surface area contributed by atoms with E-state index in [2.05, 4.69) is 27.7 Å². The van der Waals surface area contributed by atoms with Gasteiger partial charge in [-0.2, -0.15) is 4.90 Å². The summed E-state index contributed by atoms with van der Waals surface area (Å²) in [6.07, 6.45) is 17.4. The lowest BCUT2D eigenvalue weighted by atomic mass is 9.79. The van der Waals surface area contributed by atoms with Crippen molar-refractivity contribution in [3.8, 4) is 0 Å². The average molecular weight is 1460 g/mol. The molecule has 5 aliphatic heterocycles. The number of piperidine rings is 5. The molecule has 2 saturated carbocycles. The van der Waals surface area contributed by atoms with Crippen LogP contribution in [0.3, 0.4) is 0 Å². The first kappa shape index (κ1) is 91.3. The zero-order valence-electron chi connectivity index (χ0n) is 66.5. The van der Waals surface area contributed by atoms with Gasteiger partial charge >= 0.3 is 42.7 Å². The van der Waals surface area contributed by atoms with Gasteiger partial charge in [0.15, 0.2) is 0 Å². The maximum atomic E-state index is 12.3. The van der Waals surface area contributed by atoms with Crippen molar-refractivity contribution < 1.29 is 92.3 Å². The molecule has 5 saturated heterocycles. The van der Waals surface area contributed by atoms with Gasteiger partial charge in [0.05, 0.1) is 36.2 Å². The van der Waals surface area contributed by atoms with Gasteiger partial charge in [-0.1, -0.05) is 72.1 Å². The lowest BCUT2D eigenvalue weighted by molar-refractivity contribution is -0.0406. The van der Waals surface area contributed by atoms with Crippen LogP contribution in [0, 0.1) is 5.92 Å². The number of anilines is 1. The first-order chi connectivity index (χ1) is 48.0. The third kappa shape index (κ3) is 34.5. The minimum Gasteiger partial charge on any atom is -0.444 e. The maximum Gasteiger partial charge on any atom is 0.424 e. The summed E-state index contributed by atoms with van der Waals surface area (Å²) in [5.41, 5.74) is -2.71. The molecule has 5 heterocycles. The van der Waals surface area contributed by atoms with Crippen molar-refractivity contribution >= 4 is 48.3 Å². The molecule has 7 amide bonds. The average Bonchev–Trinajstić information content (AvgIpc) is 1.77. The van der Waals surface area contributed by atoms with E-state index in [1.165, 1.54) is 44.9 Å². The molecule has 0 atom stereocenters. The van der Waals surface area contributed by atoms with E-state index in [4.69, 9.17) is 33.2 Å². The van der Waals surface area contributed by atoms with E-state index in [-0.39, 0.29) is 77.8 Å². The summed E-state index contributed by atoms with van der Waals surface area (Å²) in [6, 6.07) is 8.56. The third-order valence-electron chi connectivity index (χ3n) is 20.0. The molecule has 7 aliphatic rings. The van der Waals surface area contributed by atoms with Crippen LogP contribution in [0.2, 0.25) is 0 Å². The standard InChI is InChI=1S/C16H23NO4.C15H27NO3.C13H23NO3.C13H25NO3.C11H21NO3.C10H19NO3/c1-15(2,3)20-13(18)17(12-10-8-7-9-11-12)14(19)21-16(4,5)6;1-15(2,12-6-4-3-5-7-12)19-14(18)16-10-8-13(17)9-11-16;1-2-13(7-3-4-8-13)17-12(16)14-9-5-11(15)6-10-14;1-4-13(5-2,6-3)17-12(16)14-9-7-11(15)8-10-14;1-4-11(2,3)15-10(14)12-7-5-9(13)6-8-12;1-10(2,3)14-9(13)11-6-4-8(12)5-7-11/h7-11H,1-6H3;12-13,17H,3-11H2,1-2H3;11,15H,2-10H2,1H3;11,15H,4-10H2,1-3H3;9,13H,4-8H2,1-3H3;8,12H,4-7H2,1-3H3. The number of ether oxygens (including phenoxy) is 7. The molecule has 0 spiro atoms. The van der Waals surface area contributed by atoms with E-state index in [1.54, 1.807) is 96.4 Å². The van der Waals surface area contributed by atoms with Crippen molar-refractivity contribution in [1.82, 2.24) is 24.5 Å². The Morgan fingerprint density at radius 1 is 0.388 bits per heavy atom. The molecule has 0 unspecified atom stereocenters. The normalized spacial score (nSPS) is 19.3. The van der Waals surface area contributed by atoms with Gasteiger partial charge in [-0.25, -0.2) is 33.6 Å². The summed E-state index contributed by atoms with van der Waals surface area (Å²) < 4.78 is 38.3. The van der Waals surface area contributed by atoms with Crippen molar-refractivity contribution in [3.05, 3.63) is 30.3 Å². The minimum atomic E-state index is -0.761. The summed E-state index contributed by atoms with van der Waals surface area (Å²) in [5.74, 6) is 0.487. The number of nitrogens with zero attached hydrogens (tertiary/aromatic N) is 6. The number of amides is 7. The summed E-state index contributed by atoms with van der Waals surface area (Å²) >= 11 is 0. The van der Waals surface area contributed by atoms with E-state index < -0.39 is 34.6 Å². The van der Waals surface area contributed by atoms with Crippen LogP contribution in [-0.4, -0.2) is 228 Å². The summed E-state index contributed by atoms with van der Waals surface area (Å²) in [5, 5.41) is 46.8. The molecule has 25 heteroatoms. The van der Waals surface area contributed by atoms with E-state index in [9.17, 15) is 59.1 Å². The van der Waals surface area contributed by atoms with E-state index in [0.29, 0.717) is 141 Å². The van der Waals surface area contributed by atoms with Crippen molar-refractivity contribution in [3.63, 3.8) is 0 Å². The van der Waals surface area contributed by atoms with Gasteiger partial charge in [-0.15, -0.1) is 0 Å². The number of likely N-dealkylation sites (tertiary alicyclic amines) is 5. The fourth-order valence-electron chi connectivity index (χ4n) is 12.6. The second kappa shape index (κ2) is 43.0. The Morgan fingerprint density at radius 3 is 1.01 bits per heavy atom. The van der Waals surface area contributed by atoms with Crippen LogP contribution < -0.4 is 4.90 Å². The number of benzene rings is 1. The Balaban J connectivity index is 0.000000323. The number of imide groups is 1. The molecule has 0 radical (unpaired) electrons. The Kier molecular flexibility index (Phi) is 38.2. The maximum absolute atomic E-state index is 12.3. The number of hydrogen-bond acceptors (Lipinski definition) is 19. The Hall–Kier alpha value is -5.89. The number of carbonyl (C=O) groups is 7. The molecule has 0 aromatic heterocycles. The largest absolute Gasteiger partial charge is 0.444 e. The highest BCUT2D eigenvalue weighted by molar-refractivity contribution is 6.09. The smallest absolute Gasteiger partial charge is 0.424 e. The van der Waals surface area contributed by atoms with Crippen molar-refractivity contribution in [2.75, 3.05) is 70.3 Å². The van der Waals surface area contributed by atoms with Crippen LogP contribution in [0.25, 0.3) is 0 Å². The van der Waals surface area contributed by atoms with E-state index >= 15 is 0 Å².